The molecule has 1 aliphatic heterocycles. The van der Waals surface area contributed by atoms with E-state index < -0.39 is 5.97 Å². The molecular formula is C8H13NO2. The van der Waals surface area contributed by atoms with Crippen molar-refractivity contribution in [1.82, 2.24) is 4.90 Å². The molecule has 2 radical (unpaired) electrons. The largest absolute Gasteiger partial charge is 0.462 e. The molecule has 62 valence electrons. The van der Waals surface area contributed by atoms with Crippen molar-refractivity contribution >= 4 is 5.97 Å². The molecule has 0 aliphatic carbocycles. The summed E-state index contributed by atoms with van der Waals surface area (Å²) in [6, 6.07) is 0. The Morgan fingerprint density at radius 3 is 2.55 bits per heavy atom. The lowest BCUT2D eigenvalue weighted by Crippen LogP contribution is -2.34. The quantitative estimate of drug-likeness (QED) is 0.511. The molecule has 0 atom stereocenters. The van der Waals surface area contributed by atoms with Crippen LogP contribution in [0, 0.1) is 6.92 Å². The summed E-state index contributed by atoms with van der Waals surface area (Å²) in [5.41, 5.74) is 0. The van der Waals surface area contributed by atoms with Gasteiger partial charge in [-0.25, -0.2) is 0 Å². The molecule has 0 spiro atoms. The molecule has 0 aromatic heterocycles. The van der Waals surface area contributed by atoms with Crippen molar-refractivity contribution in [2.45, 2.75) is 18.9 Å². The third-order valence-electron chi connectivity index (χ3n) is 1.95. The van der Waals surface area contributed by atoms with Gasteiger partial charge >= 0.3 is 5.97 Å². The van der Waals surface area contributed by atoms with Gasteiger partial charge in [0.1, 0.15) is 6.10 Å². The molecule has 0 bridgehead atoms. The molecular weight excluding hydrogens is 142 g/mol. The van der Waals surface area contributed by atoms with Crippen molar-refractivity contribution in [2.75, 3.05) is 20.1 Å². The van der Waals surface area contributed by atoms with E-state index in [0.717, 1.165) is 25.9 Å². The van der Waals surface area contributed by atoms with E-state index in [1.165, 1.54) is 0 Å². The highest BCUT2D eigenvalue weighted by molar-refractivity contribution is 5.73. The number of nitrogens with zero attached hydrogens (tertiary/aromatic N) is 1. The van der Waals surface area contributed by atoms with Gasteiger partial charge in [0.2, 0.25) is 0 Å². The minimum absolute atomic E-state index is 0.0451. The summed E-state index contributed by atoms with van der Waals surface area (Å²) in [7, 11) is 2.06. The van der Waals surface area contributed by atoms with Crippen molar-refractivity contribution < 1.29 is 9.53 Å². The van der Waals surface area contributed by atoms with Gasteiger partial charge in [-0.3, -0.25) is 4.79 Å². The summed E-state index contributed by atoms with van der Waals surface area (Å²) < 4.78 is 4.85. The fraction of sp³-hybridized carbons (Fsp3) is 0.750. The van der Waals surface area contributed by atoms with Crippen LogP contribution in [0.2, 0.25) is 0 Å². The minimum Gasteiger partial charge on any atom is -0.462 e. The molecule has 0 aromatic rings. The normalized spacial score (nSPS) is 21.6. The van der Waals surface area contributed by atoms with E-state index in [0.29, 0.717) is 0 Å². The molecule has 3 nitrogen and oxygen atoms in total. The first-order valence-corrected chi connectivity index (χ1v) is 3.83. The van der Waals surface area contributed by atoms with Crippen LogP contribution in [0.4, 0.5) is 0 Å². The monoisotopic (exact) mass is 155 g/mol. The minimum atomic E-state index is -0.653. The Morgan fingerprint density at radius 2 is 2.09 bits per heavy atom. The Hall–Kier alpha value is -0.570. The van der Waals surface area contributed by atoms with Crippen LogP contribution in [0.1, 0.15) is 12.8 Å². The van der Waals surface area contributed by atoms with E-state index in [-0.39, 0.29) is 6.10 Å². The number of piperidine rings is 1. The van der Waals surface area contributed by atoms with Crippen LogP contribution in [0.15, 0.2) is 0 Å². The standard InChI is InChI=1S/C8H13NO2/c1-7(10)11-8-3-5-9(2)6-4-8/h1,8H,3-6H2,2H3. The van der Waals surface area contributed by atoms with E-state index in [1.807, 2.05) is 0 Å². The summed E-state index contributed by atoms with van der Waals surface area (Å²) in [4.78, 5) is 12.5. The Labute approximate surface area is 67.3 Å². The number of likely N-dealkylation sites (tertiary alicyclic amines) is 1. The SMILES string of the molecule is [CH]C(=O)OC1CCN(C)CC1. The van der Waals surface area contributed by atoms with Gasteiger partial charge in [0.05, 0.1) is 6.92 Å². The molecule has 1 aliphatic rings. The molecule has 0 unspecified atom stereocenters. The van der Waals surface area contributed by atoms with Crippen molar-refractivity contribution in [3.05, 3.63) is 6.92 Å². The molecule has 1 saturated heterocycles. The van der Waals surface area contributed by atoms with Gasteiger partial charge in [0, 0.05) is 13.1 Å². The first-order valence-electron chi connectivity index (χ1n) is 3.83. The summed E-state index contributed by atoms with van der Waals surface area (Å²) in [5.74, 6) is -0.653. The molecule has 0 saturated carbocycles. The van der Waals surface area contributed by atoms with E-state index in [1.54, 1.807) is 0 Å². The predicted octanol–water partition coefficient (Wildman–Crippen LogP) is 0.335. The van der Waals surface area contributed by atoms with Crippen LogP contribution < -0.4 is 0 Å². The number of ether oxygens (including phenoxy) is 1. The third-order valence-corrected chi connectivity index (χ3v) is 1.95. The van der Waals surface area contributed by atoms with Crippen LogP contribution in [0.25, 0.3) is 0 Å². The lowest BCUT2D eigenvalue weighted by Gasteiger charge is -2.28. The second kappa shape index (κ2) is 3.72. The van der Waals surface area contributed by atoms with Crippen molar-refractivity contribution in [3.8, 4) is 0 Å². The fourth-order valence-electron chi connectivity index (χ4n) is 1.27. The molecule has 0 aromatic carbocycles. The van der Waals surface area contributed by atoms with E-state index in [2.05, 4.69) is 11.9 Å². The number of esters is 1. The van der Waals surface area contributed by atoms with Crippen LogP contribution in [-0.2, 0) is 9.53 Å². The van der Waals surface area contributed by atoms with Crippen molar-refractivity contribution in [3.63, 3.8) is 0 Å². The Balaban J connectivity index is 2.22. The predicted molar refractivity (Wildman–Crippen MR) is 40.9 cm³/mol. The van der Waals surface area contributed by atoms with Gasteiger partial charge in [0.25, 0.3) is 0 Å². The zero-order valence-electron chi connectivity index (χ0n) is 6.75. The second-order valence-electron chi connectivity index (χ2n) is 2.94. The smallest absolute Gasteiger partial charge is 0.311 e. The van der Waals surface area contributed by atoms with Crippen LogP contribution in [-0.4, -0.2) is 37.1 Å². The van der Waals surface area contributed by atoms with Gasteiger partial charge in [-0.05, 0) is 19.9 Å². The molecule has 1 fully saturated rings. The van der Waals surface area contributed by atoms with Gasteiger partial charge in [-0.15, -0.1) is 0 Å². The highest BCUT2D eigenvalue weighted by atomic mass is 16.5. The van der Waals surface area contributed by atoms with E-state index in [9.17, 15) is 4.79 Å². The zero-order valence-corrected chi connectivity index (χ0v) is 6.75. The summed E-state index contributed by atoms with van der Waals surface area (Å²) in [6.45, 7) is 6.85. The average Bonchev–Trinajstić information content (AvgIpc) is 1.93. The molecule has 11 heavy (non-hydrogen) atoms. The maximum Gasteiger partial charge on any atom is 0.311 e. The number of hydrogen-bond acceptors (Lipinski definition) is 3. The van der Waals surface area contributed by atoms with Crippen LogP contribution in [0.5, 0.6) is 0 Å². The second-order valence-corrected chi connectivity index (χ2v) is 2.94. The maximum absolute atomic E-state index is 10.3. The number of hydrogen-bond donors (Lipinski definition) is 0. The van der Waals surface area contributed by atoms with Gasteiger partial charge in [0.15, 0.2) is 0 Å². The van der Waals surface area contributed by atoms with Crippen molar-refractivity contribution in [2.24, 2.45) is 0 Å². The Kier molecular flexibility index (Phi) is 2.88. The Bertz CT molecular complexity index is 139. The highest BCUT2D eigenvalue weighted by Gasteiger charge is 2.18. The summed E-state index contributed by atoms with van der Waals surface area (Å²) >= 11 is 0. The van der Waals surface area contributed by atoms with Crippen LogP contribution >= 0.6 is 0 Å². The maximum atomic E-state index is 10.3. The van der Waals surface area contributed by atoms with E-state index >= 15 is 0 Å². The lowest BCUT2D eigenvalue weighted by molar-refractivity contribution is -0.145. The fourth-order valence-corrected chi connectivity index (χ4v) is 1.27. The van der Waals surface area contributed by atoms with Gasteiger partial charge in [-0.2, -0.15) is 0 Å². The molecule has 0 amide bonds. The van der Waals surface area contributed by atoms with E-state index in [4.69, 9.17) is 11.7 Å². The van der Waals surface area contributed by atoms with Crippen LogP contribution in [0.3, 0.4) is 0 Å². The first kappa shape index (κ1) is 8.53. The zero-order chi connectivity index (χ0) is 8.27. The third kappa shape index (κ3) is 2.89. The number of rotatable bonds is 1. The summed E-state index contributed by atoms with van der Waals surface area (Å²) in [6.07, 6.45) is 1.85. The van der Waals surface area contributed by atoms with Gasteiger partial charge < -0.3 is 9.64 Å². The summed E-state index contributed by atoms with van der Waals surface area (Å²) in [5, 5.41) is 0. The average molecular weight is 155 g/mol. The first-order chi connectivity index (χ1) is 5.18. The molecule has 1 heterocycles. The lowest BCUT2D eigenvalue weighted by atomic mass is 10.1. The highest BCUT2D eigenvalue weighted by Crippen LogP contribution is 2.11. The number of carbonyl (C=O) groups excluding carboxylic acids is 1. The Morgan fingerprint density at radius 1 is 1.55 bits per heavy atom. The molecule has 0 N–H and O–H groups in total. The molecule has 1 rings (SSSR count). The molecule has 3 heteroatoms. The number of carbonyl (C=O) groups is 1. The van der Waals surface area contributed by atoms with Crippen molar-refractivity contribution in [1.29, 1.82) is 0 Å². The topological polar surface area (TPSA) is 29.5 Å². The van der Waals surface area contributed by atoms with Gasteiger partial charge in [-0.1, -0.05) is 0 Å².